The number of rotatable bonds is 2. The molecule has 0 N–H and O–H groups in total. The fourth-order valence-corrected chi connectivity index (χ4v) is 2.88. The van der Waals surface area contributed by atoms with E-state index in [-0.39, 0.29) is 6.04 Å². The number of benzene rings is 1. The third kappa shape index (κ3) is 2.58. The SMILES string of the molecule is CC1CCN(c2ccc(C(F)(F)F)cc2)C1CCl. The van der Waals surface area contributed by atoms with Gasteiger partial charge in [-0.3, -0.25) is 0 Å². The molecule has 1 aromatic rings. The first-order valence-corrected chi connectivity index (χ1v) is 6.47. The standard InChI is InChI=1S/C13H15ClF3N/c1-9-6-7-18(12(9)8-14)11-4-2-10(3-5-11)13(15,16)17/h2-5,9,12H,6-8H2,1H3. The molecular weight excluding hydrogens is 263 g/mol. The monoisotopic (exact) mass is 277 g/mol. The van der Waals surface area contributed by atoms with Crippen LogP contribution in [0.4, 0.5) is 18.9 Å². The highest BCUT2D eigenvalue weighted by Gasteiger charge is 2.32. The van der Waals surface area contributed by atoms with Gasteiger partial charge in [-0.2, -0.15) is 13.2 Å². The van der Waals surface area contributed by atoms with Gasteiger partial charge in [-0.15, -0.1) is 11.6 Å². The van der Waals surface area contributed by atoms with E-state index in [0.717, 1.165) is 30.8 Å². The Kier molecular flexibility index (Phi) is 3.76. The Morgan fingerprint density at radius 3 is 2.39 bits per heavy atom. The van der Waals surface area contributed by atoms with Crippen molar-refractivity contribution in [3.05, 3.63) is 29.8 Å². The molecule has 0 saturated carbocycles. The Labute approximate surface area is 110 Å². The molecule has 0 radical (unpaired) electrons. The second-order valence-electron chi connectivity index (χ2n) is 4.73. The molecule has 0 bridgehead atoms. The van der Waals surface area contributed by atoms with Crippen LogP contribution in [-0.2, 0) is 6.18 Å². The minimum Gasteiger partial charge on any atom is -0.367 e. The lowest BCUT2D eigenvalue weighted by atomic mass is 10.0. The van der Waals surface area contributed by atoms with Crippen LogP contribution in [-0.4, -0.2) is 18.5 Å². The lowest BCUT2D eigenvalue weighted by molar-refractivity contribution is -0.137. The maximum atomic E-state index is 12.5. The quantitative estimate of drug-likeness (QED) is 0.734. The lowest BCUT2D eigenvalue weighted by Gasteiger charge is -2.27. The zero-order valence-corrected chi connectivity index (χ0v) is 10.8. The maximum absolute atomic E-state index is 12.5. The van der Waals surface area contributed by atoms with Crippen molar-refractivity contribution in [2.24, 2.45) is 5.92 Å². The largest absolute Gasteiger partial charge is 0.416 e. The van der Waals surface area contributed by atoms with Gasteiger partial charge in [0, 0.05) is 24.2 Å². The van der Waals surface area contributed by atoms with Crippen LogP contribution in [0.15, 0.2) is 24.3 Å². The average Bonchev–Trinajstić information content (AvgIpc) is 2.69. The van der Waals surface area contributed by atoms with Gasteiger partial charge in [0.1, 0.15) is 0 Å². The normalized spacial score (nSPS) is 24.6. The third-order valence-electron chi connectivity index (χ3n) is 3.57. The Hall–Kier alpha value is -0.900. The molecule has 2 atom stereocenters. The summed E-state index contributed by atoms with van der Waals surface area (Å²) < 4.78 is 37.4. The van der Waals surface area contributed by atoms with Crippen molar-refractivity contribution in [2.75, 3.05) is 17.3 Å². The van der Waals surface area contributed by atoms with Crippen molar-refractivity contribution in [2.45, 2.75) is 25.6 Å². The van der Waals surface area contributed by atoms with Crippen LogP contribution in [0.2, 0.25) is 0 Å². The van der Waals surface area contributed by atoms with Gasteiger partial charge < -0.3 is 4.90 Å². The van der Waals surface area contributed by atoms with Crippen molar-refractivity contribution in [1.82, 2.24) is 0 Å². The van der Waals surface area contributed by atoms with E-state index in [1.165, 1.54) is 12.1 Å². The summed E-state index contributed by atoms with van der Waals surface area (Å²) in [6, 6.07) is 5.53. The van der Waals surface area contributed by atoms with Crippen LogP contribution in [0.25, 0.3) is 0 Å². The van der Waals surface area contributed by atoms with E-state index in [9.17, 15) is 13.2 Å². The molecule has 2 rings (SSSR count). The predicted octanol–water partition coefficient (Wildman–Crippen LogP) is 4.16. The molecule has 1 heterocycles. The van der Waals surface area contributed by atoms with Gasteiger partial charge in [-0.05, 0) is 36.6 Å². The van der Waals surface area contributed by atoms with Crippen molar-refractivity contribution >= 4 is 17.3 Å². The number of nitrogens with zero attached hydrogens (tertiary/aromatic N) is 1. The zero-order valence-electron chi connectivity index (χ0n) is 10.0. The van der Waals surface area contributed by atoms with Gasteiger partial charge in [-0.25, -0.2) is 0 Å². The van der Waals surface area contributed by atoms with E-state index in [4.69, 9.17) is 11.6 Å². The van der Waals surface area contributed by atoms with Crippen molar-refractivity contribution in [1.29, 1.82) is 0 Å². The van der Waals surface area contributed by atoms with Crippen molar-refractivity contribution in [3.8, 4) is 0 Å². The second kappa shape index (κ2) is 5.00. The molecule has 1 nitrogen and oxygen atoms in total. The number of alkyl halides is 4. The molecule has 2 unspecified atom stereocenters. The average molecular weight is 278 g/mol. The lowest BCUT2D eigenvalue weighted by Crippen LogP contribution is -2.33. The first kappa shape index (κ1) is 13.5. The Morgan fingerprint density at radius 1 is 1.28 bits per heavy atom. The maximum Gasteiger partial charge on any atom is 0.416 e. The fraction of sp³-hybridized carbons (Fsp3) is 0.538. The number of hydrogen-bond acceptors (Lipinski definition) is 1. The topological polar surface area (TPSA) is 3.24 Å². The Bertz CT molecular complexity index is 402. The van der Waals surface area contributed by atoms with Crippen LogP contribution in [0.3, 0.4) is 0 Å². The molecule has 1 fully saturated rings. The molecule has 1 saturated heterocycles. The summed E-state index contributed by atoms with van der Waals surface area (Å²) in [5.74, 6) is 0.979. The molecule has 100 valence electrons. The summed E-state index contributed by atoms with van der Waals surface area (Å²) in [6.45, 7) is 2.97. The summed E-state index contributed by atoms with van der Waals surface area (Å²) in [4.78, 5) is 2.10. The minimum atomic E-state index is -4.28. The van der Waals surface area contributed by atoms with E-state index in [1.807, 2.05) is 0 Å². The molecule has 18 heavy (non-hydrogen) atoms. The van der Waals surface area contributed by atoms with Crippen molar-refractivity contribution < 1.29 is 13.2 Å². The number of halogens is 4. The smallest absolute Gasteiger partial charge is 0.367 e. The van der Waals surface area contributed by atoms with Crippen LogP contribution in [0.5, 0.6) is 0 Å². The molecule has 5 heteroatoms. The van der Waals surface area contributed by atoms with Crippen LogP contribution >= 0.6 is 11.6 Å². The number of anilines is 1. The van der Waals surface area contributed by atoms with Gasteiger partial charge in [0.05, 0.1) is 5.56 Å². The molecule has 0 spiro atoms. The molecule has 1 aliphatic heterocycles. The molecule has 1 aromatic carbocycles. The summed E-state index contributed by atoms with van der Waals surface area (Å²) in [7, 11) is 0. The molecule has 0 amide bonds. The van der Waals surface area contributed by atoms with Gasteiger partial charge in [0.15, 0.2) is 0 Å². The third-order valence-corrected chi connectivity index (χ3v) is 3.88. The van der Waals surface area contributed by atoms with Crippen molar-refractivity contribution in [3.63, 3.8) is 0 Å². The van der Waals surface area contributed by atoms with E-state index < -0.39 is 11.7 Å². The van der Waals surface area contributed by atoms with E-state index in [2.05, 4.69) is 11.8 Å². The highest BCUT2D eigenvalue weighted by molar-refractivity contribution is 6.18. The van der Waals surface area contributed by atoms with Gasteiger partial charge in [0.25, 0.3) is 0 Å². The summed E-state index contributed by atoms with van der Waals surface area (Å²) in [6.07, 6.45) is -3.25. The van der Waals surface area contributed by atoms with E-state index >= 15 is 0 Å². The number of hydrogen-bond donors (Lipinski definition) is 0. The first-order chi connectivity index (χ1) is 8.43. The van der Waals surface area contributed by atoms with Gasteiger partial charge >= 0.3 is 6.18 Å². The second-order valence-corrected chi connectivity index (χ2v) is 5.03. The van der Waals surface area contributed by atoms with Gasteiger partial charge in [0.2, 0.25) is 0 Å². The first-order valence-electron chi connectivity index (χ1n) is 5.93. The summed E-state index contributed by atoms with van der Waals surface area (Å²) >= 11 is 5.93. The summed E-state index contributed by atoms with van der Waals surface area (Å²) in [5.41, 5.74) is 0.207. The van der Waals surface area contributed by atoms with E-state index in [1.54, 1.807) is 0 Å². The van der Waals surface area contributed by atoms with Crippen LogP contribution in [0, 0.1) is 5.92 Å². The minimum absolute atomic E-state index is 0.211. The van der Waals surface area contributed by atoms with Crippen LogP contribution in [0.1, 0.15) is 18.9 Å². The Balaban J connectivity index is 2.20. The summed E-state index contributed by atoms with van der Waals surface area (Å²) in [5, 5.41) is 0. The highest BCUT2D eigenvalue weighted by Crippen LogP contribution is 2.34. The van der Waals surface area contributed by atoms with E-state index in [0.29, 0.717) is 11.8 Å². The molecular formula is C13H15ClF3N. The Morgan fingerprint density at radius 2 is 1.89 bits per heavy atom. The zero-order chi connectivity index (χ0) is 13.3. The molecule has 0 aliphatic carbocycles. The predicted molar refractivity (Wildman–Crippen MR) is 67.1 cm³/mol. The van der Waals surface area contributed by atoms with Gasteiger partial charge in [-0.1, -0.05) is 6.92 Å². The van der Waals surface area contributed by atoms with Crippen LogP contribution < -0.4 is 4.90 Å². The molecule has 0 aromatic heterocycles. The fourth-order valence-electron chi connectivity index (χ4n) is 2.41. The molecule has 1 aliphatic rings. The highest BCUT2D eigenvalue weighted by atomic mass is 35.5.